The monoisotopic (exact) mass is 626 g/mol. The number of halogens is 10. The molecule has 2 nitrogen and oxygen atoms in total. The second-order valence-corrected chi connectivity index (χ2v) is 10.9. The highest BCUT2D eigenvalue weighted by Gasteiger charge is 2.48. The summed E-state index contributed by atoms with van der Waals surface area (Å²) in [6.45, 7) is 1.51. The van der Waals surface area contributed by atoms with Gasteiger partial charge < -0.3 is 0 Å². The van der Waals surface area contributed by atoms with Crippen LogP contribution in [0.5, 0.6) is 0 Å². The van der Waals surface area contributed by atoms with Crippen LogP contribution in [0.25, 0.3) is 5.83 Å². The highest BCUT2D eigenvalue weighted by molar-refractivity contribution is 6.48. The molecular formula is C28H20Cl3F7O2. The third-order valence-electron chi connectivity index (χ3n) is 6.56. The van der Waals surface area contributed by atoms with E-state index in [4.69, 9.17) is 41.2 Å². The fourth-order valence-electron chi connectivity index (χ4n) is 4.19. The normalized spacial score (nSPS) is 16.7. The summed E-state index contributed by atoms with van der Waals surface area (Å²) in [5.41, 5.74) is -4.63. The number of allylic oxidation sites excluding steroid dienone is 1. The molecule has 0 aromatic heterocycles. The van der Waals surface area contributed by atoms with Gasteiger partial charge in [0, 0.05) is 24.0 Å². The summed E-state index contributed by atoms with van der Waals surface area (Å²) in [4.78, 5) is 25.1. The minimum absolute atomic E-state index is 0.0831. The molecule has 0 bridgehead atoms. The van der Waals surface area contributed by atoms with Crippen molar-refractivity contribution in [2.24, 2.45) is 11.3 Å². The van der Waals surface area contributed by atoms with Crippen LogP contribution in [0.4, 0.5) is 30.7 Å². The number of ketones is 2. The molecule has 1 aliphatic carbocycles. The summed E-state index contributed by atoms with van der Waals surface area (Å²) in [7, 11) is 0. The molecule has 3 rings (SSSR count). The predicted molar refractivity (Wildman–Crippen MR) is 139 cm³/mol. The van der Waals surface area contributed by atoms with Crippen molar-refractivity contribution in [2.75, 3.05) is 0 Å². The Morgan fingerprint density at radius 2 is 1.60 bits per heavy atom. The Bertz CT molecular complexity index is 1380. The van der Waals surface area contributed by atoms with Gasteiger partial charge in [0.2, 0.25) is 0 Å². The van der Waals surface area contributed by atoms with Crippen LogP contribution in [0.2, 0.25) is 15.1 Å². The van der Waals surface area contributed by atoms with Gasteiger partial charge in [0.15, 0.2) is 11.6 Å². The summed E-state index contributed by atoms with van der Waals surface area (Å²) in [5.74, 6) is -3.71. The summed E-state index contributed by atoms with van der Waals surface area (Å²) in [6.07, 6.45) is -4.28. The lowest BCUT2D eigenvalue weighted by Crippen LogP contribution is -2.20. The molecule has 0 saturated heterocycles. The quantitative estimate of drug-likeness (QED) is 0.120. The average Bonchev–Trinajstić information content (AvgIpc) is 3.65. The number of carbonyl (C=O) groups excluding carboxylic acids is 2. The lowest BCUT2D eigenvalue weighted by Gasteiger charge is -2.19. The summed E-state index contributed by atoms with van der Waals surface area (Å²) < 4.78 is 98.1. The Morgan fingerprint density at radius 1 is 1.02 bits per heavy atom. The van der Waals surface area contributed by atoms with Crippen molar-refractivity contribution in [3.05, 3.63) is 73.7 Å². The zero-order chi connectivity index (χ0) is 30.2. The summed E-state index contributed by atoms with van der Waals surface area (Å²) >= 11 is 17.4. The van der Waals surface area contributed by atoms with Crippen molar-refractivity contribution in [1.82, 2.24) is 0 Å². The minimum Gasteiger partial charge on any atom is -0.298 e. The zero-order valence-corrected chi connectivity index (χ0v) is 22.9. The lowest BCUT2D eigenvalue weighted by molar-refractivity contribution is -0.140. The van der Waals surface area contributed by atoms with Gasteiger partial charge in [-0.05, 0) is 48.6 Å². The molecule has 0 spiro atoms. The first-order valence-corrected chi connectivity index (χ1v) is 12.9. The van der Waals surface area contributed by atoms with Crippen LogP contribution < -0.4 is 0 Å². The van der Waals surface area contributed by atoms with Crippen molar-refractivity contribution in [1.29, 1.82) is 0 Å². The van der Waals surface area contributed by atoms with E-state index < -0.39 is 69.9 Å². The number of carbonyl (C=O) groups is 2. The molecule has 0 radical (unpaired) electrons. The van der Waals surface area contributed by atoms with E-state index in [1.54, 1.807) is 0 Å². The number of hydrogen-bond donors (Lipinski definition) is 0. The van der Waals surface area contributed by atoms with Gasteiger partial charge in [-0.15, -0.1) is 6.42 Å². The largest absolute Gasteiger partial charge is 0.417 e. The fourth-order valence-corrected chi connectivity index (χ4v) is 4.80. The summed E-state index contributed by atoms with van der Waals surface area (Å²) in [5, 5.41) is -0.900. The van der Waals surface area contributed by atoms with Crippen LogP contribution in [0, 0.1) is 23.7 Å². The predicted octanol–water partition coefficient (Wildman–Crippen LogP) is 9.90. The first kappa shape index (κ1) is 32.0. The number of alkyl halides is 6. The van der Waals surface area contributed by atoms with Gasteiger partial charge in [-0.3, -0.25) is 9.59 Å². The molecule has 1 fully saturated rings. The molecule has 12 heteroatoms. The number of rotatable bonds is 9. The second kappa shape index (κ2) is 11.8. The highest BCUT2D eigenvalue weighted by atomic mass is 35.5. The van der Waals surface area contributed by atoms with E-state index in [0.29, 0.717) is 18.9 Å². The maximum Gasteiger partial charge on any atom is 0.417 e. The first-order chi connectivity index (χ1) is 18.4. The maximum atomic E-state index is 15.1. The molecule has 2 atom stereocenters. The van der Waals surface area contributed by atoms with E-state index in [0.717, 1.165) is 18.2 Å². The Labute approximate surface area is 240 Å². The topological polar surface area (TPSA) is 34.1 Å². The van der Waals surface area contributed by atoms with Gasteiger partial charge in [0.05, 0.1) is 26.0 Å². The SMILES string of the molecule is C#CC1(C(=O)C[C@@H](C)CC(=O)c2ccc(/C(F)=C/C(c3cc(Cl)c(Cl)c(Cl)c3)C(F)(F)F)cc2C(F)(F)F)CC1. The second-order valence-electron chi connectivity index (χ2n) is 9.68. The van der Waals surface area contributed by atoms with Crippen LogP contribution in [0.3, 0.4) is 0 Å². The van der Waals surface area contributed by atoms with Gasteiger partial charge in [-0.2, -0.15) is 26.3 Å². The van der Waals surface area contributed by atoms with Gasteiger partial charge in [0.25, 0.3) is 0 Å². The molecule has 0 amide bonds. The third kappa shape index (κ3) is 7.20. The Morgan fingerprint density at radius 3 is 2.08 bits per heavy atom. The van der Waals surface area contributed by atoms with Gasteiger partial charge in [0.1, 0.15) is 11.7 Å². The molecule has 1 aliphatic rings. The van der Waals surface area contributed by atoms with E-state index in [2.05, 4.69) is 5.92 Å². The molecule has 40 heavy (non-hydrogen) atoms. The van der Waals surface area contributed by atoms with Crippen molar-refractivity contribution >= 4 is 52.2 Å². The van der Waals surface area contributed by atoms with Gasteiger partial charge in [-0.1, -0.05) is 59.8 Å². The molecule has 1 unspecified atom stereocenters. The Balaban J connectivity index is 1.93. The number of Topliss-reactive ketones (excluding diaryl/α,β-unsaturated/α-hetero) is 2. The van der Waals surface area contributed by atoms with Crippen molar-refractivity contribution in [2.45, 2.75) is 50.9 Å². The molecule has 1 saturated carbocycles. The first-order valence-electron chi connectivity index (χ1n) is 11.7. The molecule has 2 aromatic carbocycles. The van der Waals surface area contributed by atoms with E-state index in [9.17, 15) is 35.9 Å². The average molecular weight is 628 g/mol. The van der Waals surface area contributed by atoms with Crippen LogP contribution in [0.1, 0.15) is 65.6 Å². The zero-order valence-electron chi connectivity index (χ0n) is 20.6. The summed E-state index contributed by atoms with van der Waals surface area (Å²) in [6, 6.07) is 3.38. The van der Waals surface area contributed by atoms with Crippen molar-refractivity contribution < 1.29 is 40.3 Å². The van der Waals surface area contributed by atoms with Gasteiger partial charge in [-0.25, -0.2) is 4.39 Å². The van der Waals surface area contributed by atoms with Crippen molar-refractivity contribution in [3.63, 3.8) is 0 Å². The number of benzene rings is 2. The van der Waals surface area contributed by atoms with Crippen LogP contribution in [-0.2, 0) is 11.0 Å². The van der Waals surface area contributed by atoms with E-state index in [1.165, 1.54) is 6.92 Å². The lowest BCUT2D eigenvalue weighted by atomic mass is 9.88. The van der Waals surface area contributed by atoms with Crippen LogP contribution in [0.15, 0.2) is 36.4 Å². The van der Waals surface area contributed by atoms with Crippen LogP contribution >= 0.6 is 34.8 Å². The molecular weight excluding hydrogens is 608 g/mol. The smallest absolute Gasteiger partial charge is 0.298 e. The molecule has 214 valence electrons. The number of terminal acetylenes is 1. The maximum absolute atomic E-state index is 15.1. The number of hydrogen-bond acceptors (Lipinski definition) is 2. The Kier molecular flexibility index (Phi) is 9.40. The minimum atomic E-state index is -5.14. The van der Waals surface area contributed by atoms with E-state index >= 15 is 4.39 Å². The standard InChI is InChI=1S/C28H20Cl3F7O2/c1-3-26(6-7-26)24(40)9-14(2)8-23(39)17-5-4-15(10-19(17)28(36,37)38)22(32)13-18(27(33,34)35)16-11-20(29)25(31)21(30)12-16/h1,4-5,10-14,18H,6-9H2,2H3/b22-13-/t14-,18?/m0/s1. The van der Waals surface area contributed by atoms with Crippen LogP contribution in [-0.4, -0.2) is 17.7 Å². The van der Waals surface area contributed by atoms with E-state index in [-0.39, 0.29) is 39.4 Å². The highest BCUT2D eigenvalue weighted by Crippen LogP contribution is 2.47. The van der Waals surface area contributed by atoms with Gasteiger partial charge >= 0.3 is 12.4 Å². The Hall–Kier alpha value is -2.54. The molecule has 0 aliphatic heterocycles. The van der Waals surface area contributed by atoms with E-state index in [1.807, 2.05) is 0 Å². The molecule has 0 heterocycles. The third-order valence-corrected chi connectivity index (χ3v) is 7.76. The fraction of sp³-hybridized carbons (Fsp3) is 0.357. The van der Waals surface area contributed by atoms with Crippen molar-refractivity contribution in [3.8, 4) is 12.3 Å². The molecule has 2 aromatic rings. The molecule has 0 N–H and O–H groups in total.